The smallest absolute Gasteiger partial charge is 0.142 e. The number of rotatable bonds is 3. The van der Waals surface area contributed by atoms with E-state index in [1.54, 1.807) is 31.3 Å². The average Bonchev–Trinajstić information content (AvgIpc) is 2.39. The van der Waals surface area contributed by atoms with E-state index in [0.29, 0.717) is 10.0 Å². The largest absolute Gasteiger partial charge is 0.309 e. The molecule has 0 aliphatic rings. The second-order valence-electron chi connectivity index (χ2n) is 4.04. The molecule has 0 radical (unpaired) electrons. The molecule has 0 heterocycles. The topological polar surface area (TPSA) is 12.0 Å². The molecule has 0 fully saturated rings. The van der Waals surface area contributed by atoms with Gasteiger partial charge in [0.15, 0.2) is 0 Å². The minimum Gasteiger partial charge on any atom is -0.309 e. The number of hydrogen-bond donors (Lipinski definition) is 1. The Labute approximate surface area is 123 Å². The highest BCUT2D eigenvalue weighted by Gasteiger charge is 2.18. The zero-order valence-corrected chi connectivity index (χ0v) is 12.4. The standard InChI is InChI=1S/C14H11BrClF2N/c1-19-14(8-5-6-11(17)10(15)7-8)9-3-2-4-12(18)13(9)16/h2-7,14,19H,1H3. The number of benzene rings is 2. The second-order valence-corrected chi connectivity index (χ2v) is 5.27. The molecule has 0 saturated heterocycles. The molecule has 2 rings (SSSR count). The molecule has 0 bridgehead atoms. The van der Waals surface area contributed by atoms with E-state index in [1.165, 1.54) is 12.1 Å². The van der Waals surface area contributed by atoms with E-state index in [9.17, 15) is 8.78 Å². The summed E-state index contributed by atoms with van der Waals surface area (Å²) in [7, 11) is 1.74. The van der Waals surface area contributed by atoms with Gasteiger partial charge in [-0.05, 0) is 52.3 Å². The average molecular weight is 347 g/mol. The van der Waals surface area contributed by atoms with E-state index in [1.807, 2.05) is 0 Å². The molecule has 1 nitrogen and oxygen atoms in total. The number of halogens is 4. The first-order chi connectivity index (χ1) is 9.04. The maximum absolute atomic E-state index is 13.5. The molecule has 100 valence electrons. The third-order valence-electron chi connectivity index (χ3n) is 2.86. The summed E-state index contributed by atoms with van der Waals surface area (Å²) in [6, 6.07) is 8.99. The van der Waals surface area contributed by atoms with Gasteiger partial charge in [0.1, 0.15) is 11.6 Å². The first-order valence-corrected chi connectivity index (χ1v) is 6.77. The molecule has 1 atom stereocenters. The molecular formula is C14H11BrClF2N. The fourth-order valence-electron chi connectivity index (χ4n) is 1.94. The lowest BCUT2D eigenvalue weighted by Crippen LogP contribution is -2.18. The Morgan fingerprint density at radius 3 is 2.53 bits per heavy atom. The summed E-state index contributed by atoms with van der Waals surface area (Å²) in [5, 5.41) is 3.13. The van der Waals surface area contributed by atoms with Crippen molar-refractivity contribution in [2.24, 2.45) is 0 Å². The van der Waals surface area contributed by atoms with Crippen molar-refractivity contribution >= 4 is 27.5 Å². The summed E-state index contributed by atoms with van der Waals surface area (Å²) in [4.78, 5) is 0. The Morgan fingerprint density at radius 2 is 1.89 bits per heavy atom. The fraction of sp³-hybridized carbons (Fsp3) is 0.143. The molecule has 0 aliphatic carbocycles. The van der Waals surface area contributed by atoms with E-state index in [4.69, 9.17) is 11.6 Å². The molecular weight excluding hydrogens is 336 g/mol. The van der Waals surface area contributed by atoms with Crippen LogP contribution in [0.15, 0.2) is 40.9 Å². The lowest BCUT2D eigenvalue weighted by Gasteiger charge is -2.19. The molecule has 0 amide bonds. The second kappa shape index (κ2) is 5.99. The van der Waals surface area contributed by atoms with Crippen LogP contribution in [0.25, 0.3) is 0 Å². The van der Waals surface area contributed by atoms with Gasteiger partial charge in [0.05, 0.1) is 15.5 Å². The van der Waals surface area contributed by atoms with Gasteiger partial charge >= 0.3 is 0 Å². The van der Waals surface area contributed by atoms with Crippen LogP contribution in [-0.4, -0.2) is 7.05 Å². The van der Waals surface area contributed by atoms with Crippen LogP contribution in [0.4, 0.5) is 8.78 Å². The van der Waals surface area contributed by atoms with Crippen molar-refractivity contribution in [3.8, 4) is 0 Å². The molecule has 1 N–H and O–H groups in total. The van der Waals surface area contributed by atoms with E-state index < -0.39 is 5.82 Å². The van der Waals surface area contributed by atoms with E-state index in [2.05, 4.69) is 21.2 Å². The molecule has 2 aromatic carbocycles. The highest BCUT2D eigenvalue weighted by Crippen LogP contribution is 2.31. The van der Waals surface area contributed by atoms with Gasteiger partial charge < -0.3 is 5.32 Å². The maximum Gasteiger partial charge on any atom is 0.142 e. The van der Waals surface area contributed by atoms with E-state index in [0.717, 1.165) is 5.56 Å². The maximum atomic E-state index is 13.5. The Bertz CT molecular complexity index is 604. The molecule has 0 aromatic heterocycles. The van der Waals surface area contributed by atoms with E-state index in [-0.39, 0.29) is 16.9 Å². The van der Waals surface area contributed by atoms with E-state index >= 15 is 0 Å². The summed E-state index contributed by atoms with van der Waals surface area (Å²) in [6.45, 7) is 0. The van der Waals surface area contributed by atoms with Crippen LogP contribution in [0.1, 0.15) is 17.2 Å². The van der Waals surface area contributed by atoms with Crippen LogP contribution >= 0.6 is 27.5 Å². The van der Waals surface area contributed by atoms with Gasteiger partial charge in [-0.25, -0.2) is 8.78 Å². The molecule has 0 saturated carbocycles. The number of hydrogen-bond acceptors (Lipinski definition) is 1. The summed E-state index contributed by atoms with van der Waals surface area (Å²) >= 11 is 9.13. The van der Waals surface area contributed by atoms with Gasteiger partial charge in [-0.3, -0.25) is 0 Å². The molecule has 0 aliphatic heterocycles. The quantitative estimate of drug-likeness (QED) is 0.850. The normalized spacial score (nSPS) is 12.5. The van der Waals surface area contributed by atoms with Crippen LogP contribution in [0, 0.1) is 11.6 Å². The SMILES string of the molecule is CNC(c1ccc(F)c(Br)c1)c1cccc(F)c1Cl. The molecule has 2 aromatic rings. The Balaban J connectivity index is 2.50. The van der Waals surface area contributed by atoms with Crippen LogP contribution in [0.3, 0.4) is 0 Å². The number of nitrogens with one attached hydrogen (secondary N) is 1. The monoisotopic (exact) mass is 345 g/mol. The Kier molecular flexibility index (Phi) is 4.55. The zero-order valence-electron chi connectivity index (χ0n) is 10.1. The van der Waals surface area contributed by atoms with Crippen LogP contribution in [-0.2, 0) is 0 Å². The predicted octanol–water partition coefficient (Wildman–Crippen LogP) is 4.69. The van der Waals surface area contributed by atoms with Crippen molar-refractivity contribution in [3.05, 3.63) is 68.7 Å². The van der Waals surface area contributed by atoms with Crippen LogP contribution < -0.4 is 5.32 Å². The lowest BCUT2D eigenvalue weighted by atomic mass is 9.98. The molecule has 0 spiro atoms. The van der Waals surface area contributed by atoms with Crippen molar-refractivity contribution in [3.63, 3.8) is 0 Å². The van der Waals surface area contributed by atoms with Gasteiger partial charge in [-0.1, -0.05) is 29.8 Å². The summed E-state index contributed by atoms with van der Waals surface area (Å²) < 4.78 is 27.1. The highest BCUT2D eigenvalue weighted by atomic mass is 79.9. The summed E-state index contributed by atoms with van der Waals surface area (Å²) in [5.41, 5.74) is 1.41. The Morgan fingerprint density at radius 1 is 1.16 bits per heavy atom. The zero-order chi connectivity index (χ0) is 14.0. The van der Waals surface area contributed by atoms with Crippen molar-refractivity contribution in [2.75, 3.05) is 7.05 Å². The predicted molar refractivity (Wildman–Crippen MR) is 76.4 cm³/mol. The summed E-state index contributed by atoms with van der Waals surface area (Å²) in [5.74, 6) is -0.815. The van der Waals surface area contributed by atoms with Crippen LogP contribution in [0.2, 0.25) is 5.02 Å². The minimum absolute atomic E-state index is 0.0716. The molecule has 5 heteroatoms. The molecule has 1 unspecified atom stereocenters. The van der Waals surface area contributed by atoms with Gasteiger partial charge in [0.2, 0.25) is 0 Å². The molecule has 19 heavy (non-hydrogen) atoms. The fourth-order valence-corrected chi connectivity index (χ4v) is 2.57. The first kappa shape index (κ1) is 14.4. The summed E-state index contributed by atoms with van der Waals surface area (Å²) in [6.07, 6.45) is 0. The first-order valence-electron chi connectivity index (χ1n) is 5.60. The Hall–Kier alpha value is -0.970. The highest BCUT2D eigenvalue weighted by molar-refractivity contribution is 9.10. The van der Waals surface area contributed by atoms with Gasteiger partial charge in [0, 0.05) is 0 Å². The lowest BCUT2D eigenvalue weighted by molar-refractivity contribution is 0.610. The van der Waals surface area contributed by atoms with Gasteiger partial charge in [-0.15, -0.1) is 0 Å². The third kappa shape index (κ3) is 2.96. The van der Waals surface area contributed by atoms with Crippen LogP contribution in [0.5, 0.6) is 0 Å². The van der Waals surface area contributed by atoms with Crippen molar-refractivity contribution in [2.45, 2.75) is 6.04 Å². The van der Waals surface area contributed by atoms with Crippen molar-refractivity contribution < 1.29 is 8.78 Å². The van der Waals surface area contributed by atoms with Crippen molar-refractivity contribution in [1.82, 2.24) is 5.32 Å². The van der Waals surface area contributed by atoms with Gasteiger partial charge in [-0.2, -0.15) is 0 Å². The van der Waals surface area contributed by atoms with Crippen molar-refractivity contribution in [1.29, 1.82) is 0 Å². The van der Waals surface area contributed by atoms with Gasteiger partial charge in [0.25, 0.3) is 0 Å². The minimum atomic E-state index is -0.472. The third-order valence-corrected chi connectivity index (χ3v) is 3.86.